The van der Waals surface area contributed by atoms with Gasteiger partial charge in [0.25, 0.3) is 11.8 Å². The lowest BCUT2D eigenvalue weighted by atomic mass is 10.1. The van der Waals surface area contributed by atoms with Gasteiger partial charge < -0.3 is 24.4 Å². The van der Waals surface area contributed by atoms with Crippen LogP contribution in [0, 0.1) is 6.92 Å². The topological polar surface area (TPSA) is 134 Å². The number of piperazine rings is 1. The Labute approximate surface area is 251 Å². The second-order valence-electron chi connectivity index (χ2n) is 11.0. The SMILES string of the molecule is CCOC(=O)CN(c1ccc(NC(=O)c2cc(C)nc(N3CCC(F)(F)CC3)n2)c(N2CCN(C3CC3)CC2)c1)S(=O)[O-]. The fourth-order valence-electron chi connectivity index (χ4n) is 5.39. The lowest BCUT2D eigenvalue weighted by molar-refractivity contribution is -0.141. The Balaban J connectivity index is 1.40. The van der Waals surface area contributed by atoms with Crippen LogP contribution in [0.1, 0.15) is 48.8 Å². The molecule has 0 bridgehead atoms. The van der Waals surface area contributed by atoms with Crippen LogP contribution < -0.4 is 19.4 Å². The van der Waals surface area contributed by atoms with E-state index < -0.39 is 35.6 Å². The van der Waals surface area contributed by atoms with E-state index in [0.29, 0.717) is 36.2 Å². The highest BCUT2D eigenvalue weighted by Gasteiger charge is 2.35. The van der Waals surface area contributed by atoms with E-state index in [1.807, 2.05) is 0 Å². The average Bonchev–Trinajstić information content (AvgIpc) is 3.82. The van der Waals surface area contributed by atoms with Crippen molar-refractivity contribution in [2.24, 2.45) is 0 Å². The number of anilines is 4. The van der Waals surface area contributed by atoms with Crippen molar-refractivity contribution in [1.29, 1.82) is 0 Å². The monoisotopic (exact) mass is 620 g/mol. The summed E-state index contributed by atoms with van der Waals surface area (Å²) in [6.07, 6.45) is 1.76. The zero-order valence-electron chi connectivity index (χ0n) is 24.3. The molecule has 2 aliphatic heterocycles. The number of hydrogen-bond acceptors (Lipinski definition) is 10. The quantitative estimate of drug-likeness (QED) is 0.312. The van der Waals surface area contributed by atoms with E-state index in [4.69, 9.17) is 4.74 Å². The molecule has 1 aromatic heterocycles. The van der Waals surface area contributed by atoms with Crippen molar-refractivity contribution in [3.63, 3.8) is 0 Å². The molecule has 1 amide bonds. The summed E-state index contributed by atoms with van der Waals surface area (Å²) in [6, 6.07) is 6.89. The number of piperidine rings is 1. The summed E-state index contributed by atoms with van der Waals surface area (Å²) in [5.74, 6) is -3.70. The first-order valence-corrected chi connectivity index (χ1v) is 15.5. The van der Waals surface area contributed by atoms with Gasteiger partial charge in [0, 0.05) is 75.1 Å². The molecule has 2 saturated heterocycles. The zero-order chi connectivity index (χ0) is 30.7. The number of amides is 1. The summed E-state index contributed by atoms with van der Waals surface area (Å²) in [4.78, 5) is 40.6. The summed E-state index contributed by atoms with van der Waals surface area (Å²) in [7, 11) is 0. The fraction of sp³-hybridized carbons (Fsp3) is 0.571. The Morgan fingerprint density at radius 1 is 1.09 bits per heavy atom. The van der Waals surface area contributed by atoms with Gasteiger partial charge in [0.1, 0.15) is 12.2 Å². The van der Waals surface area contributed by atoms with Gasteiger partial charge in [0.15, 0.2) is 0 Å². The number of hydrogen-bond donors (Lipinski definition) is 1. The molecule has 43 heavy (non-hydrogen) atoms. The van der Waals surface area contributed by atoms with Gasteiger partial charge in [-0.3, -0.25) is 23.0 Å². The van der Waals surface area contributed by atoms with Gasteiger partial charge in [-0.15, -0.1) is 0 Å². The molecule has 0 spiro atoms. The minimum Gasteiger partial charge on any atom is -0.755 e. The van der Waals surface area contributed by atoms with E-state index in [1.54, 1.807) is 30.9 Å². The van der Waals surface area contributed by atoms with Crippen LogP contribution in [-0.4, -0.2) is 99.9 Å². The number of carbonyl (C=O) groups excluding carboxylic acids is 2. The maximum absolute atomic E-state index is 13.7. The molecule has 15 heteroatoms. The molecule has 1 atom stereocenters. The predicted octanol–water partition coefficient (Wildman–Crippen LogP) is 2.72. The molecule has 234 valence electrons. The number of alkyl halides is 2. The smallest absolute Gasteiger partial charge is 0.326 e. The fourth-order valence-corrected chi connectivity index (χ4v) is 5.89. The summed E-state index contributed by atoms with van der Waals surface area (Å²) < 4.78 is 57.5. The molecule has 0 radical (unpaired) electrons. The number of esters is 1. The average molecular weight is 621 g/mol. The number of nitrogens with one attached hydrogen (secondary N) is 1. The van der Waals surface area contributed by atoms with E-state index in [9.17, 15) is 27.1 Å². The molecular formula is C28H36F2N7O5S-. The van der Waals surface area contributed by atoms with Gasteiger partial charge >= 0.3 is 5.97 Å². The maximum Gasteiger partial charge on any atom is 0.326 e. The summed E-state index contributed by atoms with van der Waals surface area (Å²) in [5.41, 5.74) is 1.90. The van der Waals surface area contributed by atoms with Crippen molar-refractivity contribution in [2.75, 3.05) is 71.8 Å². The predicted molar refractivity (Wildman–Crippen MR) is 157 cm³/mol. The number of aryl methyl sites for hydroxylation is 1. The lowest BCUT2D eigenvalue weighted by Gasteiger charge is -2.37. The maximum atomic E-state index is 13.7. The van der Waals surface area contributed by atoms with E-state index in [2.05, 4.69) is 25.1 Å². The van der Waals surface area contributed by atoms with Crippen LogP contribution in [0.15, 0.2) is 24.3 Å². The minimum absolute atomic E-state index is 0.0815. The van der Waals surface area contributed by atoms with Gasteiger partial charge in [-0.25, -0.2) is 18.7 Å². The van der Waals surface area contributed by atoms with Crippen LogP contribution in [-0.2, 0) is 20.8 Å². The lowest BCUT2D eigenvalue weighted by Crippen LogP contribution is -2.47. The highest BCUT2D eigenvalue weighted by Crippen LogP contribution is 2.35. The zero-order valence-corrected chi connectivity index (χ0v) is 25.1. The minimum atomic E-state index is -2.76. The third-order valence-corrected chi connectivity index (χ3v) is 8.55. The van der Waals surface area contributed by atoms with Crippen molar-refractivity contribution < 1.29 is 31.9 Å². The molecule has 3 aliphatic rings. The van der Waals surface area contributed by atoms with Crippen LogP contribution in [0.2, 0.25) is 0 Å². The number of rotatable bonds is 10. The first kappa shape index (κ1) is 31.0. The van der Waals surface area contributed by atoms with Crippen LogP contribution in [0.25, 0.3) is 0 Å². The molecule has 12 nitrogen and oxygen atoms in total. The van der Waals surface area contributed by atoms with Gasteiger partial charge in [0.05, 0.1) is 23.7 Å². The van der Waals surface area contributed by atoms with E-state index in [1.165, 1.54) is 25.0 Å². The summed E-state index contributed by atoms with van der Waals surface area (Å²) in [6.45, 7) is 6.12. The van der Waals surface area contributed by atoms with Crippen molar-refractivity contribution in [2.45, 2.75) is 51.5 Å². The molecule has 2 aromatic rings. The van der Waals surface area contributed by atoms with Crippen molar-refractivity contribution in [3.8, 4) is 0 Å². The Morgan fingerprint density at radius 2 is 1.79 bits per heavy atom. The molecule has 1 saturated carbocycles. The number of benzene rings is 1. The molecule has 1 aliphatic carbocycles. The largest absolute Gasteiger partial charge is 0.755 e. The van der Waals surface area contributed by atoms with Crippen molar-refractivity contribution in [1.82, 2.24) is 14.9 Å². The Bertz CT molecular complexity index is 1360. The van der Waals surface area contributed by atoms with Gasteiger partial charge in [-0.1, -0.05) is 0 Å². The Morgan fingerprint density at radius 3 is 2.42 bits per heavy atom. The molecule has 3 fully saturated rings. The second-order valence-corrected chi connectivity index (χ2v) is 11.9. The van der Waals surface area contributed by atoms with Crippen LogP contribution in [0.5, 0.6) is 0 Å². The van der Waals surface area contributed by atoms with Crippen molar-refractivity contribution in [3.05, 3.63) is 35.7 Å². The molecule has 5 rings (SSSR count). The Kier molecular flexibility index (Phi) is 9.42. The van der Waals surface area contributed by atoms with E-state index >= 15 is 0 Å². The summed E-state index contributed by atoms with van der Waals surface area (Å²) >= 11 is -2.76. The normalized spacial score (nSPS) is 19.6. The van der Waals surface area contributed by atoms with E-state index in [-0.39, 0.29) is 49.9 Å². The summed E-state index contributed by atoms with van der Waals surface area (Å²) in [5, 5.41) is 2.91. The number of nitrogens with zero attached hydrogens (tertiary/aromatic N) is 6. The molecule has 1 aromatic carbocycles. The highest BCUT2D eigenvalue weighted by molar-refractivity contribution is 7.80. The first-order chi connectivity index (χ1) is 20.5. The van der Waals surface area contributed by atoms with Crippen LogP contribution >= 0.6 is 0 Å². The third-order valence-electron chi connectivity index (χ3n) is 7.85. The van der Waals surface area contributed by atoms with Crippen LogP contribution in [0.3, 0.4) is 0 Å². The second kappa shape index (κ2) is 13.1. The number of aromatic nitrogens is 2. The third kappa shape index (κ3) is 7.75. The number of ether oxygens (including phenoxy) is 1. The molecule has 1 unspecified atom stereocenters. The van der Waals surface area contributed by atoms with Crippen molar-refractivity contribution >= 4 is 46.2 Å². The standard InChI is InChI=1S/C28H37F2N7O5S/c1-3-42-25(38)18-37(43(40)41)21-6-7-22(24(17-21)35-14-12-34(13-15-35)20-4-5-20)32-26(39)23-16-19(2)31-27(33-23)36-10-8-28(29,30)9-11-36/h6-7,16-17,20H,3-5,8-15,18H2,1-2H3,(H,32,39)(H,40,41)/p-1. The molecule has 1 N–H and O–H groups in total. The van der Waals surface area contributed by atoms with E-state index in [0.717, 1.165) is 17.4 Å². The molecule has 3 heterocycles. The first-order valence-electron chi connectivity index (χ1n) is 14.5. The van der Waals surface area contributed by atoms with Gasteiger partial charge in [0.2, 0.25) is 5.95 Å². The number of carbonyl (C=O) groups is 2. The van der Waals surface area contributed by atoms with Gasteiger partial charge in [-0.05, 0) is 51.0 Å². The van der Waals surface area contributed by atoms with Crippen LogP contribution in [0.4, 0.5) is 31.8 Å². The number of halogens is 2. The highest BCUT2D eigenvalue weighted by atomic mass is 32.2. The molecular weight excluding hydrogens is 584 g/mol. The Hall–Kier alpha value is -3.43. The van der Waals surface area contributed by atoms with Gasteiger partial charge in [-0.2, -0.15) is 0 Å².